The van der Waals surface area contributed by atoms with Gasteiger partial charge < -0.3 is 24.4 Å². The summed E-state index contributed by atoms with van der Waals surface area (Å²) in [5.41, 5.74) is 0. The minimum atomic E-state index is -4.78. The number of rotatable bonds is 37. The van der Waals surface area contributed by atoms with Crippen molar-refractivity contribution in [2.45, 2.75) is 193 Å². The number of allylic oxidation sites excluding steroid dienone is 8. The molecule has 0 rings (SSSR count). The van der Waals surface area contributed by atoms with Gasteiger partial charge in [-0.05, 0) is 70.6 Å². The zero-order valence-corrected chi connectivity index (χ0v) is 34.6. The van der Waals surface area contributed by atoms with Crippen molar-refractivity contribution >= 4 is 19.8 Å². The molecule has 10 heteroatoms. The molecule has 0 aromatic carbocycles. The lowest BCUT2D eigenvalue weighted by Gasteiger charge is -2.18. The van der Waals surface area contributed by atoms with Gasteiger partial charge in [0.1, 0.15) is 6.61 Å². The third-order valence-corrected chi connectivity index (χ3v) is 9.28. The molecule has 0 saturated carbocycles. The fourth-order valence-electron chi connectivity index (χ4n) is 5.69. The maximum absolute atomic E-state index is 12.4. The number of ether oxygens (including phenoxy) is 2. The van der Waals surface area contributed by atoms with Crippen LogP contribution in [0.5, 0.6) is 0 Å². The number of phosphoric ester groups is 1. The standard InChI is InChI=1S/C43H77O9P/c1-39(2)33-29-25-21-17-13-9-7-8-11-15-19-23-27-31-35-42(45)50-37-41(38-51-53(47,48)49)52-43(46)36-32-28-24-20-16-12-6-4-5-10-14-18-22-26-30-34-40(3)44/h5-6,10,12,18,20,22,24,39-41,44H,4,7-9,11,13-17,19,21,23,25-38H2,1-3H3,(H2,47,48,49)/b10-5-,12-6-,22-18-,24-20-/t40-,41+/m0/s1. The summed E-state index contributed by atoms with van der Waals surface area (Å²) in [4.78, 5) is 42.8. The lowest BCUT2D eigenvalue weighted by Crippen LogP contribution is -2.29. The molecule has 0 aliphatic heterocycles. The van der Waals surface area contributed by atoms with E-state index < -0.39 is 32.5 Å². The van der Waals surface area contributed by atoms with E-state index >= 15 is 0 Å². The topological polar surface area (TPSA) is 140 Å². The van der Waals surface area contributed by atoms with E-state index in [0.29, 0.717) is 19.3 Å². The van der Waals surface area contributed by atoms with E-state index in [1.165, 1.54) is 77.0 Å². The molecule has 0 fully saturated rings. The number of hydrogen-bond acceptors (Lipinski definition) is 7. The summed E-state index contributed by atoms with van der Waals surface area (Å²) < 4.78 is 26.3. The van der Waals surface area contributed by atoms with Crippen molar-refractivity contribution in [2.75, 3.05) is 13.2 Å². The fourth-order valence-corrected chi connectivity index (χ4v) is 6.05. The van der Waals surface area contributed by atoms with Crippen molar-refractivity contribution in [3.8, 4) is 0 Å². The molecule has 3 N–H and O–H groups in total. The second-order valence-corrected chi connectivity index (χ2v) is 16.0. The number of unbranched alkanes of at least 4 members (excludes halogenated alkanes) is 15. The number of carbonyl (C=O) groups is 2. The smallest absolute Gasteiger partial charge is 0.462 e. The maximum atomic E-state index is 12.4. The first kappa shape index (κ1) is 51.0. The number of hydrogen-bond donors (Lipinski definition) is 3. The van der Waals surface area contributed by atoms with Crippen LogP contribution in [0.1, 0.15) is 181 Å². The van der Waals surface area contributed by atoms with Crippen LogP contribution in [0.4, 0.5) is 0 Å². The maximum Gasteiger partial charge on any atom is 0.469 e. The largest absolute Gasteiger partial charge is 0.469 e. The Kier molecular flexibility index (Phi) is 35.5. The van der Waals surface area contributed by atoms with Crippen molar-refractivity contribution in [3.05, 3.63) is 48.6 Å². The van der Waals surface area contributed by atoms with Crippen LogP contribution in [0.2, 0.25) is 0 Å². The molecule has 0 bridgehead atoms. The Labute approximate surface area is 323 Å². The number of aliphatic hydroxyl groups is 1. The molecule has 308 valence electrons. The summed E-state index contributed by atoms with van der Waals surface area (Å²) in [6.45, 7) is 5.53. The van der Waals surface area contributed by atoms with Crippen LogP contribution in [0.25, 0.3) is 0 Å². The molecule has 0 aromatic rings. The van der Waals surface area contributed by atoms with E-state index in [-0.39, 0.29) is 25.6 Å². The molecule has 0 unspecified atom stereocenters. The molecule has 0 radical (unpaired) electrons. The molecule has 0 saturated heterocycles. The van der Waals surface area contributed by atoms with Crippen LogP contribution < -0.4 is 0 Å². The number of aliphatic hydroxyl groups excluding tert-OH is 1. The van der Waals surface area contributed by atoms with Gasteiger partial charge in [0.2, 0.25) is 0 Å². The van der Waals surface area contributed by atoms with Crippen LogP contribution in [0, 0.1) is 5.92 Å². The number of carbonyl (C=O) groups excluding carboxylic acids is 2. The van der Waals surface area contributed by atoms with Gasteiger partial charge in [0.05, 0.1) is 12.7 Å². The van der Waals surface area contributed by atoms with Gasteiger partial charge in [-0.15, -0.1) is 0 Å². The predicted molar refractivity (Wildman–Crippen MR) is 217 cm³/mol. The van der Waals surface area contributed by atoms with Gasteiger partial charge in [-0.2, -0.15) is 0 Å². The van der Waals surface area contributed by atoms with E-state index in [9.17, 15) is 19.3 Å². The summed E-state index contributed by atoms with van der Waals surface area (Å²) in [6, 6.07) is 0. The van der Waals surface area contributed by atoms with Crippen molar-refractivity contribution in [3.63, 3.8) is 0 Å². The zero-order valence-electron chi connectivity index (χ0n) is 33.7. The third kappa shape index (κ3) is 42.6. The first-order valence-electron chi connectivity index (χ1n) is 20.8. The van der Waals surface area contributed by atoms with Gasteiger partial charge in [0.25, 0.3) is 0 Å². The molecule has 0 aliphatic carbocycles. The third-order valence-electron chi connectivity index (χ3n) is 8.80. The van der Waals surface area contributed by atoms with Gasteiger partial charge in [0.15, 0.2) is 6.10 Å². The minimum absolute atomic E-state index is 0.124. The fraction of sp³-hybridized carbons (Fsp3) is 0.767. The quantitative estimate of drug-likeness (QED) is 0.0244. The zero-order chi connectivity index (χ0) is 39.3. The van der Waals surface area contributed by atoms with Crippen LogP contribution in [0.3, 0.4) is 0 Å². The normalized spacial score (nSPS) is 13.6. The summed E-state index contributed by atoms with van der Waals surface area (Å²) in [5.74, 6) is -0.138. The van der Waals surface area contributed by atoms with Crippen LogP contribution in [-0.4, -0.2) is 52.3 Å². The molecule has 0 aromatic heterocycles. The summed E-state index contributed by atoms with van der Waals surface area (Å²) in [6.07, 6.45) is 41.2. The van der Waals surface area contributed by atoms with E-state index in [4.69, 9.17) is 19.3 Å². The average Bonchev–Trinajstić information content (AvgIpc) is 3.09. The van der Waals surface area contributed by atoms with Gasteiger partial charge in [-0.25, -0.2) is 4.57 Å². The molecule has 0 aliphatic rings. The van der Waals surface area contributed by atoms with Crippen molar-refractivity contribution in [1.29, 1.82) is 0 Å². The minimum Gasteiger partial charge on any atom is -0.462 e. The summed E-state index contributed by atoms with van der Waals surface area (Å²) in [5, 5.41) is 9.25. The Morgan fingerprint density at radius 2 is 0.981 bits per heavy atom. The molecule has 2 atom stereocenters. The first-order valence-corrected chi connectivity index (χ1v) is 22.4. The van der Waals surface area contributed by atoms with E-state index in [2.05, 4.69) is 54.8 Å². The van der Waals surface area contributed by atoms with E-state index in [1.54, 1.807) is 0 Å². The Morgan fingerprint density at radius 1 is 0.547 bits per heavy atom. The number of esters is 2. The SMILES string of the molecule is CC(C)CCCCCCCCCCCCCCCCC(=O)OC[C@H](COP(=O)(O)O)OC(=O)CCC/C=C\C/C=C\C/C=C\C/C=C\CCC[C@H](C)O. The van der Waals surface area contributed by atoms with Crippen molar-refractivity contribution < 1.29 is 43.0 Å². The van der Waals surface area contributed by atoms with Crippen LogP contribution >= 0.6 is 7.82 Å². The molecular weight excluding hydrogens is 691 g/mol. The highest BCUT2D eigenvalue weighted by molar-refractivity contribution is 7.46. The highest BCUT2D eigenvalue weighted by Gasteiger charge is 2.22. The Balaban J connectivity index is 4.01. The highest BCUT2D eigenvalue weighted by atomic mass is 31.2. The van der Waals surface area contributed by atoms with Crippen LogP contribution in [-0.2, 0) is 28.2 Å². The van der Waals surface area contributed by atoms with Gasteiger partial charge in [0, 0.05) is 12.8 Å². The number of phosphoric acid groups is 1. The monoisotopic (exact) mass is 769 g/mol. The molecule has 0 heterocycles. The Bertz CT molecular complexity index is 1030. The molecular formula is C43H77O9P. The predicted octanol–water partition coefficient (Wildman–Crippen LogP) is 11.6. The first-order chi connectivity index (χ1) is 25.5. The van der Waals surface area contributed by atoms with Crippen LogP contribution in [0.15, 0.2) is 48.6 Å². The second-order valence-electron chi connectivity index (χ2n) is 14.7. The Morgan fingerprint density at radius 3 is 1.45 bits per heavy atom. The van der Waals surface area contributed by atoms with Crippen molar-refractivity contribution in [1.82, 2.24) is 0 Å². The Hall–Kier alpha value is -2.03. The van der Waals surface area contributed by atoms with Crippen molar-refractivity contribution in [2.24, 2.45) is 5.92 Å². The molecule has 0 amide bonds. The average molecular weight is 769 g/mol. The van der Waals surface area contributed by atoms with E-state index in [0.717, 1.165) is 57.3 Å². The lowest BCUT2D eigenvalue weighted by molar-refractivity contribution is -0.161. The summed E-state index contributed by atoms with van der Waals surface area (Å²) in [7, 11) is -4.78. The lowest BCUT2D eigenvalue weighted by atomic mass is 10.0. The summed E-state index contributed by atoms with van der Waals surface area (Å²) >= 11 is 0. The highest BCUT2D eigenvalue weighted by Crippen LogP contribution is 2.36. The molecule has 9 nitrogen and oxygen atoms in total. The van der Waals surface area contributed by atoms with Gasteiger partial charge in [-0.1, -0.05) is 152 Å². The van der Waals surface area contributed by atoms with Gasteiger partial charge in [-0.3, -0.25) is 14.1 Å². The van der Waals surface area contributed by atoms with E-state index in [1.807, 2.05) is 19.1 Å². The second kappa shape index (κ2) is 36.9. The van der Waals surface area contributed by atoms with Gasteiger partial charge >= 0.3 is 19.8 Å². The molecule has 53 heavy (non-hydrogen) atoms. The molecule has 0 spiro atoms.